The van der Waals surface area contributed by atoms with Gasteiger partial charge >= 0.3 is 5.69 Å². The predicted molar refractivity (Wildman–Crippen MR) is 90.2 cm³/mol. The first-order valence-electron chi connectivity index (χ1n) is 7.84. The van der Waals surface area contributed by atoms with Crippen molar-refractivity contribution in [3.63, 3.8) is 0 Å². The minimum absolute atomic E-state index is 0.0686. The van der Waals surface area contributed by atoms with E-state index in [1.165, 1.54) is 23.2 Å². The summed E-state index contributed by atoms with van der Waals surface area (Å²) in [6.45, 7) is -0.258. The summed E-state index contributed by atoms with van der Waals surface area (Å²) in [6.07, 6.45) is 2.96. The molecule has 9 nitrogen and oxygen atoms in total. The zero-order chi connectivity index (χ0) is 18.4. The molecule has 25 heavy (non-hydrogen) atoms. The van der Waals surface area contributed by atoms with Crippen molar-refractivity contribution in [1.82, 2.24) is 24.0 Å². The van der Waals surface area contributed by atoms with Crippen LogP contribution < -0.4 is 16.6 Å². The Labute approximate surface area is 147 Å². The summed E-state index contributed by atoms with van der Waals surface area (Å²) >= 11 is 6.09. The van der Waals surface area contributed by atoms with Crippen LogP contribution in [0, 0.1) is 11.3 Å². The van der Waals surface area contributed by atoms with Crippen molar-refractivity contribution >= 4 is 28.7 Å². The van der Waals surface area contributed by atoms with Gasteiger partial charge < -0.3 is 5.32 Å². The molecule has 0 spiro atoms. The summed E-state index contributed by atoms with van der Waals surface area (Å²) in [4.78, 5) is 40.9. The second-order valence-corrected chi connectivity index (χ2v) is 6.63. The molecule has 2 aromatic rings. The second-order valence-electron chi connectivity index (χ2n) is 6.29. The number of carbonyl (C=O) groups excluding carboxylic acids is 1. The third kappa shape index (κ3) is 2.72. The third-order valence-corrected chi connectivity index (χ3v) is 4.94. The highest BCUT2D eigenvalue weighted by Gasteiger charge is 2.35. The maximum Gasteiger partial charge on any atom is 0.332 e. The summed E-state index contributed by atoms with van der Waals surface area (Å²) in [5.41, 5.74) is -1.79. The van der Waals surface area contributed by atoms with Crippen LogP contribution in [-0.4, -0.2) is 30.1 Å². The number of nitrogens with zero attached hydrogens (tertiary/aromatic N) is 5. The molecule has 0 unspecified atom stereocenters. The van der Waals surface area contributed by atoms with Crippen molar-refractivity contribution in [1.29, 1.82) is 5.26 Å². The lowest BCUT2D eigenvalue weighted by Gasteiger charge is -2.22. The Kier molecular flexibility index (Phi) is 4.16. The average molecular weight is 365 g/mol. The van der Waals surface area contributed by atoms with Crippen molar-refractivity contribution in [3.05, 3.63) is 26.1 Å². The van der Waals surface area contributed by atoms with Gasteiger partial charge in [0, 0.05) is 14.1 Å². The van der Waals surface area contributed by atoms with Crippen LogP contribution in [0.1, 0.15) is 25.7 Å². The van der Waals surface area contributed by atoms with Crippen molar-refractivity contribution in [3.8, 4) is 6.07 Å². The number of carbonyl (C=O) groups is 1. The number of hydrogen-bond acceptors (Lipinski definition) is 5. The van der Waals surface area contributed by atoms with Gasteiger partial charge in [-0.05, 0) is 37.3 Å². The van der Waals surface area contributed by atoms with E-state index < -0.39 is 22.7 Å². The van der Waals surface area contributed by atoms with E-state index in [1.807, 2.05) is 0 Å². The highest BCUT2D eigenvalue weighted by Crippen LogP contribution is 2.29. The number of halogens is 1. The molecule has 3 rings (SSSR count). The number of aryl methyl sites for hydroxylation is 1. The number of imidazole rings is 1. The molecule has 0 radical (unpaired) electrons. The summed E-state index contributed by atoms with van der Waals surface area (Å²) in [5.74, 6) is -0.430. The molecule has 2 heterocycles. The normalized spacial score (nSPS) is 16.1. The van der Waals surface area contributed by atoms with Crippen molar-refractivity contribution < 1.29 is 4.79 Å². The number of aromatic nitrogens is 4. The summed E-state index contributed by atoms with van der Waals surface area (Å²) in [6, 6.07) is 2.18. The Morgan fingerprint density at radius 1 is 1.32 bits per heavy atom. The van der Waals surface area contributed by atoms with Gasteiger partial charge in [-0.15, -0.1) is 0 Å². The van der Waals surface area contributed by atoms with Crippen molar-refractivity contribution in [2.45, 2.75) is 37.8 Å². The fourth-order valence-corrected chi connectivity index (χ4v) is 3.48. The molecular weight excluding hydrogens is 348 g/mol. The van der Waals surface area contributed by atoms with E-state index in [0.29, 0.717) is 12.8 Å². The molecular formula is C15H17ClN6O3. The Balaban J connectivity index is 2.01. The minimum Gasteiger partial charge on any atom is -0.336 e. The predicted octanol–water partition coefficient (Wildman–Crippen LogP) is 0.0397. The highest BCUT2D eigenvalue weighted by atomic mass is 35.5. The van der Waals surface area contributed by atoms with E-state index in [9.17, 15) is 19.6 Å². The van der Waals surface area contributed by atoms with Gasteiger partial charge in [-0.2, -0.15) is 10.2 Å². The maximum absolute atomic E-state index is 12.4. The molecule has 0 atom stereocenters. The SMILES string of the molecule is Cn1c(=O)c2c(nc(Cl)n2CC(=O)NC2(C#N)CCCC2)n(C)c1=O. The van der Waals surface area contributed by atoms with Gasteiger partial charge in [0.15, 0.2) is 11.2 Å². The lowest BCUT2D eigenvalue weighted by molar-refractivity contribution is -0.122. The van der Waals surface area contributed by atoms with Gasteiger partial charge in [-0.25, -0.2) is 4.79 Å². The lowest BCUT2D eigenvalue weighted by atomic mass is 10.00. The van der Waals surface area contributed by atoms with Crippen molar-refractivity contribution in [2.24, 2.45) is 14.1 Å². The van der Waals surface area contributed by atoms with Crippen LogP contribution >= 0.6 is 11.6 Å². The van der Waals surface area contributed by atoms with Crippen molar-refractivity contribution in [2.75, 3.05) is 0 Å². The largest absolute Gasteiger partial charge is 0.336 e. The zero-order valence-corrected chi connectivity index (χ0v) is 14.6. The fraction of sp³-hybridized carbons (Fsp3) is 0.533. The molecule has 1 fully saturated rings. The Hall–Kier alpha value is -2.60. The van der Waals surface area contributed by atoms with Crippen LogP contribution in [0.5, 0.6) is 0 Å². The van der Waals surface area contributed by atoms with Crippen LogP contribution in [0.25, 0.3) is 11.2 Å². The van der Waals surface area contributed by atoms with Crippen LogP contribution in [0.3, 0.4) is 0 Å². The Morgan fingerprint density at radius 2 is 1.96 bits per heavy atom. The summed E-state index contributed by atoms with van der Waals surface area (Å²) in [5, 5.41) is 12.0. The van der Waals surface area contributed by atoms with Gasteiger partial charge in [-0.1, -0.05) is 0 Å². The van der Waals surface area contributed by atoms with Gasteiger partial charge in [-0.3, -0.25) is 23.3 Å². The molecule has 0 aliphatic heterocycles. The van der Waals surface area contributed by atoms with Crippen LogP contribution in [0.2, 0.25) is 5.28 Å². The summed E-state index contributed by atoms with van der Waals surface area (Å²) in [7, 11) is 2.82. The third-order valence-electron chi connectivity index (χ3n) is 4.65. The lowest BCUT2D eigenvalue weighted by Crippen LogP contribution is -2.46. The average Bonchev–Trinajstić information content (AvgIpc) is 3.17. The van der Waals surface area contributed by atoms with E-state index in [4.69, 9.17) is 11.6 Å². The number of amides is 1. The number of nitriles is 1. The smallest absolute Gasteiger partial charge is 0.332 e. The summed E-state index contributed by atoms with van der Waals surface area (Å²) < 4.78 is 3.39. The van der Waals surface area contributed by atoms with Crippen LogP contribution in [-0.2, 0) is 25.4 Å². The van der Waals surface area contributed by atoms with Gasteiger partial charge in [0.2, 0.25) is 11.2 Å². The molecule has 2 aromatic heterocycles. The standard InChI is InChI=1S/C15H17ClN6O3/c1-20-11-10(12(24)21(2)14(20)25)22(13(16)18-11)7-9(23)19-15(8-17)5-3-4-6-15/h3-7H2,1-2H3,(H,19,23). The molecule has 10 heteroatoms. The molecule has 0 saturated heterocycles. The maximum atomic E-state index is 12.4. The zero-order valence-electron chi connectivity index (χ0n) is 13.9. The molecule has 1 aliphatic carbocycles. The monoisotopic (exact) mass is 364 g/mol. The van der Waals surface area contributed by atoms with Crippen LogP contribution in [0.15, 0.2) is 9.59 Å². The number of nitrogens with one attached hydrogen (secondary N) is 1. The first-order chi connectivity index (χ1) is 11.8. The molecule has 1 saturated carbocycles. The van der Waals surface area contributed by atoms with Gasteiger partial charge in [0.25, 0.3) is 5.56 Å². The van der Waals surface area contributed by atoms with E-state index in [1.54, 1.807) is 0 Å². The highest BCUT2D eigenvalue weighted by molar-refractivity contribution is 6.29. The minimum atomic E-state index is -0.863. The first kappa shape index (κ1) is 17.2. The number of rotatable bonds is 3. The molecule has 0 aromatic carbocycles. The molecule has 1 N–H and O–H groups in total. The Morgan fingerprint density at radius 3 is 2.56 bits per heavy atom. The van der Waals surface area contributed by atoms with E-state index in [0.717, 1.165) is 17.4 Å². The second kappa shape index (κ2) is 6.04. The van der Waals surface area contributed by atoms with E-state index in [2.05, 4.69) is 16.4 Å². The Bertz CT molecular complexity index is 1020. The number of hydrogen-bond donors (Lipinski definition) is 1. The molecule has 1 aliphatic rings. The number of fused-ring (bicyclic) bond motifs is 1. The van der Waals surface area contributed by atoms with E-state index >= 15 is 0 Å². The molecule has 0 bridgehead atoms. The van der Waals surface area contributed by atoms with E-state index in [-0.39, 0.29) is 23.0 Å². The van der Waals surface area contributed by atoms with Gasteiger partial charge in [0.1, 0.15) is 12.1 Å². The molecule has 132 valence electrons. The fourth-order valence-electron chi connectivity index (χ4n) is 3.26. The first-order valence-corrected chi connectivity index (χ1v) is 8.21. The van der Waals surface area contributed by atoms with Gasteiger partial charge in [0.05, 0.1) is 6.07 Å². The molecule has 1 amide bonds. The topological polar surface area (TPSA) is 115 Å². The quantitative estimate of drug-likeness (QED) is 0.772. The van der Waals surface area contributed by atoms with Crippen LogP contribution in [0.4, 0.5) is 0 Å².